The number of nitrogens with one attached hydrogen (secondary N) is 1. The van der Waals surface area contributed by atoms with E-state index < -0.39 is 26.8 Å². The predicted molar refractivity (Wildman–Crippen MR) is 210 cm³/mol. The van der Waals surface area contributed by atoms with Crippen LogP contribution in [0.1, 0.15) is 67.4 Å². The van der Waals surface area contributed by atoms with Gasteiger partial charge in [0.1, 0.15) is 11.4 Å². The number of methoxy groups -OCH3 is 1. The van der Waals surface area contributed by atoms with Gasteiger partial charge in [-0.1, -0.05) is 36.7 Å². The van der Waals surface area contributed by atoms with E-state index in [1.165, 1.54) is 11.1 Å². The summed E-state index contributed by atoms with van der Waals surface area (Å²) in [5.41, 5.74) is 2.85. The molecule has 1 saturated carbocycles. The van der Waals surface area contributed by atoms with Crippen LogP contribution in [0.5, 0.6) is 5.75 Å². The molecule has 2 aromatic carbocycles. The zero-order valence-corrected chi connectivity index (χ0v) is 33.4. The fourth-order valence-electron chi connectivity index (χ4n) is 9.45. The van der Waals surface area contributed by atoms with Gasteiger partial charge < -0.3 is 24.0 Å². The number of hydrogen-bond acceptors (Lipinski definition) is 9. The topological polar surface area (TPSA) is 101 Å². The van der Waals surface area contributed by atoms with Gasteiger partial charge in [0.25, 0.3) is 5.91 Å². The Labute approximate surface area is 321 Å². The molecule has 2 aromatic rings. The first-order valence-electron chi connectivity index (χ1n) is 19.5. The summed E-state index contributed by atoms with van der Waals surface area (Å²) in [5, 5.41) is -0.0388. The standard InChI is InChI=1S/C41H57ClN4O6S/c1-29-7-5-16-41(50-4,27-44(3)17-18-45-19-21-51-22-20-45)36-12-9-33(36)25-46-26-40(15-6-8-31-23-34(42)11-13-35(31)40)28-52-38-14-10-32(24-37(38)46)39(47)43-53(48,49)30(29)2/h5,10-11,13-14,16,23-24,29-30,33,36H,6-9,12,15,17-22,25-28H2,1-4H3,(H,43,47)/b16-5-/t29-,30+,33-,36+,40-,41+/m0/s1. The minimum atomic E-state index is -3.96. The van der Waals surface area contributed by atoms with Crippen LogP contribution in [0.25, 0.3) is 0 Å². The molecule has 5 aliphatic rings. The second kappa shape index (κ2) is 15.8. The van der Waals surface area contributed by atoms with Gasteiger partial charge >= 0.3 is 0 Å². The van der Waals surface area contributed by atoms with Crippen molar-refractivity contribution in [3.8, 4) is 5.75 Å². The van der Waals surface area contributed by atoms with Gasteiger partial charge in [0, 0.05) is 68.9 Å². The summed E-state index contributed by atoms with van der Waals surface area (Å²) >= 11 is 6.50. The number of allylic oxidation sites excluding steroid dienone is 1. The molecule has 7 rings (SSSR count). The summed E-state index contributed by atoms with van der Waals surface area (Å²) in [7, 11) is 0.0575. The van der Waals surface area contributed by atoms with Crippen molar-refractivity contribution in [3.63, 3.8) is 0 Å². The van der Waals surface area contributed by atoms with E-state index in [0.717, 1.165) is 95.3 Å². The van der Waals surface area contributed by atoms with Crippen LogP contribution in [-0.4, -0.2) is 115 Å². The Morgan fingerprint density at radius 2 is 1.92 bits per heavy atom. The Morgan fingerprint density at radius 1 is 1.11 bits per heavy atom. The Bertz CT molecular complexity index is 1790. The first kappa shape index (κ1) is 38.6. The maximum absolute atomic E-state index is 13.6. The Hall–Kier alpha value is -2.67. The molecule has 1 spiro atoms. The summed E-state index contributed by atoms with van der Waals surface area (Å²) in [5.74, 6) is 0.431. The number of amides is 1. The van der Waals surface area contributed by atoms with Gasteiger partial charge in [0.05, 0.1) is 30.8 Å². The normalized spacial score (nSPS) is 32.5. The number of morpholine rings is 1. The van der Waals surface area contributed by atoms with Crippen molar-refractivity contribution in [1.82, 2.24) is 14.5 Å². The maximum Gasteiger partial charge on any atom is 0.264 e. The van der Waals surface area contributed by atoms with Crippen molar-refractivity contribution in [2.24, 2.45) is 17.8 Å². The van der Waals surface area contributed by atoms with E-state index in [1.807, 2.05) is 32.2 Å². The molecule has 0 unspecified atom stereocenters. The molecule has 0 radical (unpaired) electrons. The Kier molecular flexibility index (Phi) is 11.5. The van der Waals surface area contributed by atoms with E-state index in [2.05, 4.69) is 50.8 Å². The quantitative estimate of drug-likeness (QED) is 0.381. The van der Waals surface area contributed by atoms with Crippen LogP contribution in [0.15, 0.2) is 48.6 Å². The summed E-state index contributed by atoms with van der Waals surface area (Å²) in [6, 6.07) is 11.6. The third-order valence-electron chi connectivity index (χ3n) is 13.0. The van der Waals surface area contributed by atoms with Crippen LogP contribution in [0.3, 0.4) is 0 Å². The minimum absolute atomic E-state index is 0.226. The number of carbonyl (C=O) groups excluding carboxylic acids is 1. The second-order valence-corrected chi connectivity index (χ2v) is 18.9. The molecular formula is C41H57ClN4O6S. The van der Waals surface area contributed by atoms with E-state index in [9.17, 15) is 13.2 Å². The Balaban J connectivity index is 1.26. The van der Waals surface area contributed by atoms with Gasteiger partial charge in [0.2, 0.25) is 10.0 Å². The largest absolute Gasteiger partial charge is 0.490 e. The fraction of sp³-hybridized carbons (Fsp3) is 0.634. The number of halogens is 1. The highest BCUT2D eigenvalue weighted by Crippen LogP contribution is 2.49. The maximum atomic E-state index is 13.6. The lowest BCUT2D eigenvalue weighted by Gasteiger charge is -2.51. The Morgan fingerprint density at radius 3 is 2.68 bits per heavy atom. The van der Waals surface area contributed by atoms with Crippen molar-refractivity contribution in [2.45, 2.75) is 68.6 Å². The van der Waals surface area contributed by atoms with E-state index >= 15 is 0 Å². The average molecular weight is 769 g/mol. The predicted octanol–water partition coefficient (Wildman–Crippen LogP) is 5.53. The van der Waals surface area contributed by atoms with E-state index in [4.69, 9.17) is 25.8 Å². The summed E-state index contributed by atoms with van der Waals surface area (Å²) in [6.45, 7) is 11.7. The van der Waals surface area contributed by atoms with Gasteiger partial charge in [0.15, 0.2) is 0 Å². The number of sulfonamides is 1. The molecule has 3 heterocycles. The number of likely N-dealkylation sites (N-methyl/N-ethyl adjacent to an activating group) is 1. The van der Waals surface area contributed by atoms with Gasteiger partial charge in [-0.15, -0.1) is 0 Å². The molecule has 10 nitrogen and oxygen atoms in total. The number of hydrogen-bond donors (Lipinski definition) is 1. The van der Waals surface area contributed by atoms with Gasteiger partial charge in [-0.2, -0.15) is 0 Å². The van der Waals surface area contributed by atoms with Crippen molar-refractivity contribution < 1.29 is 27.4 Å². The number of nitrogens with zero attached hydrogens (tertiary/aromatic N) is 3. The number of fused-ring (bicyclic) bond motifs is 4. The molecule has 12 heteroatoms. The average Bonchev–Trinajstić information content (AvgIpc) is 3.28. The zero-order valence-electron chi connectivity index (χ0n) is 31.8. The molecule has 1 N–H and O–H groups in total. The molecule has 2 aliphatic carbocycles. The van der Waals surface area contributed by atoms with Crippen molar-refractivity contribution >= 4 is 33.2 Å². The lowest BCUT2D eigenvalue weighted by Crippen LogP contribution is -2.57. The molecule has 290 valence electrons. The van der Waals surface area contributed by atoms with Crippen molar-refractivity contribution in [1.29, 1.82) is 0 Å². The monoisotopic (exact) mass is 768 g/mol. The summed E-state index contributed by atoms with van der Waals surface area (Å²) in [6.07, 6.45) is 9.99. The molecular weight excluding hydrogens is 712 g/mol. The molecule has 1 saturated heterocycles. The van der Waals surface area contributed by atoms with Gasteiger partial charge in [-0.3, -0.25) is 9.69 Å². The fourth-order valence-corrected chi connectivity index (χ4v) is 10.9. The minimum Gasteiger partial charge on any atom is -0.490 e. The van der Waals surface area contributed by atoms with Crippen LogP contribution in [0.2, 0.25) is 5.02 Å². The lowest BCUT2D eigenvalue weighted by atomic mass is 9.63. The summed E-state index contributed by atoms with van der Waals surface area (Å²) < 4.78 is 48.5. The first-order chi connectivity index (χ1) is 25.4. The van der Waals surface area contributed by atoms with Gasteiger partial charge in [-0.25, -0.2) is 13.1 Å². The molecule has 3 aliphatic heterocycles. The number of anilines is 1. The lowest BCUT2D eigenvalue weighted by molar-refractivity contribution is -0.0895. The number of rotatable bonds is 6. The number of benzene rings is 2. The number of carbonyl (C=O) groups is 1. The number of aryl methyl sites for hydroxylation is 1. The van der Waals surface area contributed by atoms with E-state index in [1.54, 1.807) is 13.0 Å². The molecule has 0 aromatic heterocycles. The molecule has 2 bridgehead atoms. The molecule has 53 heavy (non-hydrogen) atoms. The highest BCUT2D eigenvalue weighted by atomic mass is 35.5. The number of ether oxygens (including phenoxy) is 3. The molecule has 6 atom stereocenters. The second-order valence-electron chi connectivity index (χ2n) is 16.4. The van der Waals surface area contributed by atoms with E-state index in [0.29, 0.717) is 36.8 Å². The molecule has 2 fully saturated rings. The van der Waals surface area contributed by atoms with Crippen molar-refractivity contribution in [2.75, 3.05) is 84.7 Å². The van der Waals surface area contributed by atoms with Crippen LogP contribution in [0, 0.1) is 17.8 Å². The highest BCUT2D eigenvalue weighted by Gasteiger charge is 2.49. The SMILES string of the molecule is CO[C@@]1(CN(C)CCN2CCOCC2)/C=C\C[C@H](C)[C@@H](C)S(=O)(=O)NC(=O)c2ccc3c(c2)N(C[C@@H]2CC[C@H]21)C[C@@]1(CCCc2cc(Cl)ccc21)CO3. The zero-order chi connectivity index (χ0) is 37.4. The van der Waals surface area contributed by atoms with E-state index in [-0.39, 0.29) is 17.3 Å². The third-order valence-corrected chi connectivity index (χ3v) is 15.2. The highest BCUT2D eigenvalue weighted by molar-refractivity contribution is 7.90. The summed E-state index contributed by atoms with van der Waals surface area (Å²) in [4.78, 5) is 20.9. The van der Waals surface area contributed by atoms with Crippen LogP contribution >= 0.6 is 11.6 Å². The van der Waals surface area contributed by atoms with Crippen LogP contribution < -0.4 is 14.4 Å². The van der Waals surface area contributed by atoms with Gasteiger partial charge in [-0.05, 0) is 112 Å². The van der Waals surface area contributed by atoms with Crippen LogP contribution in [0.4, 0.5) is 5.69 Å². The third kappa shape index (κ3) is 8.03. The first-order valence-corrected chi connectivity index (χ1v) is 21.4. The smallest absolute Gasteiger partial charge is 0.264 e. The van der Waals surface area contributed by atoms with Crippen molar-refractivity contribution in [3.05, 3.63) is 70.3 Å². The van der Waals surface area contributed by atoms with Crippen LogP contribution in [-0.2, 0) is 31.3 Å². The molecule has 1 amide bonds.